The summed E-state index contributed by atoms with van der Waals surface area (Å²) in [6, 6.07) is 5.47. The molecule has 29 heavy (non-hydrogen) atoms. The minimum absolute atomic E-state index is 0.512. The second-order valence-electron chi connectivity index (χ2n) is 6.53. The first-order valence-corrected chi connectivity index (χ1v) is 11.0. The van der Waals surface area contributed by atoms with E-state index in [0.29, 0.717) is 28.2 Å². The quantitative estimate of drug-likeness (QED) is 0.435. The average molecular weight is 516 g/mol. The molecule has 0 saturated carbocycles. The number of benzene rings is 1. The summed E-state index contributed by atoms with van der Waals surface area (Å²) in [5.41, 5.74) is 4.55. The Balaban J connectivity index is 1.67. The third-order valence-corrected chi connectivity index (χ3v) is 5.98. The van der Waals surface area contributed by atoms with Crippen molar-refractivity contribution < 1.29 is 0 Å². The van der Waals surface area contributed by atoms with Crippen LogP contribution in [0.25, 0.3) is 0 Å². The van der Waals surface area contributed by atoms with Gasteiger partial charge < -0.3 is 10.6 Å². The molecule has 0 atom stereocenters. The van der Waals surface area contributed by atoms with Crippen molar-refractivity contribution in [2.75, 3.05) is 5.32 Å². The van der Waals surface area contributed by atoms with Crippen LogP contribution in [0.1, 0.15) is 29.6 Å². The summed E-state index contributed by atoms with van der Waals surface area (Å²) in [7, 11) is 0. The van der Waals surface area contributed by atoms with Gasteiger partial charge in [0.1, 0.15) is 0 Å². The minimum atomic E-state index is 0.512. The lowest BCUT2D eigenvalue weighted by Gasteiger charge is -2.11. The normalized spacial score (nSPS) is 11.0. The SMILES string of the molecule is CCn1cc(Br)c(CNC(=S)Nc2c(C)nn(Cc3ccc(Cl)cc3Cl)c2C)n1. The van der Waals surface area contributed by atoms with Crippen LogP contribution in [0.5, 0.6) is 0 Å². The van der Waals surface area contributed by atoms with Gasteiger partial charge >= 0.3 is 0 Å². The number of anilines is 1. The van der Waals surface area contributed by atoms with E-state index in [1.807, 2.05) is 48.5 Å². The van der Waals surface area contributed by atoms with E-state index in [1.165, 1.54) is 0 Å². The molecule has 10 heteroatoms. The van der Waals surface area contributed by atoms with Crippen LogP contribution < -0.4 is 10.6 Å². The van der Waals surface area contributed by atoms with Gasteiger partial charge in [0.05, 0.1) is 40.3 Å². The molecule has 0 amide bonds. The summed E-state index contributed by atoms with van der Waals surface area (Å²) >= 11 is 21.3. The van der Waals surface area contributed by atoms with Gasteiger partial charge in [0.25, 0.3) is 0 Å². The van der Waals surface area contributed by atoms with Crippen LogP contribution in [0, 0.1) is 13.8 Å². The molecule has 2 heterocycles. The molecule has 0 fully saturated rings. The smallest absolute Gasteiger partial charge is 0.171 e. The average Bonchev–Trinajstić information content (AvgIpc) is 3.16. The topological polar surface area (TPSA) is 59.7 Å². The van der Waals surface area contributed by atoms with Crippen LogP contribution in [0.3, 0.4) is 0 Å². The van der Waals surface area contributed by atoms with E-state index in [0.717, 1.165) is 39.4 Å². The summed E-state index contributed by atoms with van der Waals surface area (Å²) in [6.45, 7) is 7.86. The van der Waals surface area contributed by atoms with Crippen molar-refractivity contribution >= 4 is 62.1 Å². The maximum atomic E-state index is 6.30. The van der Waals surface area contributed by atoms with E-state index in [9.17, 15) is 0 Å². The standard InChI is InChI=1S/C19H21BrCl2N6S/c1-4-27-10-15(20)17(26-27)8-23-19(29)24-18-11(2)25-28(12(18)3)9-13-5-6-14(21)7-16(13)22/h5-7,10H,4,8-9H2,1-3H3,(H2,23,24,29). The van der Waals surface area contributed by atoms with Crippen molar-refractivity contribution in [2.45, 2.75) is 40.4 Å². The molecule has 0 saturated heterocycles. The largest absolute Gasteiger partial charge is 0.357 e. The minimum Gasteiger partial charge on any atom is -0.357 e. The van der Waals surface area contributed by atoms with Gasteiger partial charge in [-0.15, -0.1) is 0 Å². The van der Waals surface area contributed by atoms with E-state index in [1.54, 1.807) is 6.07 Å². The van der Waals surface area contributed by atoms with E-state index >= 15 is 0 Å². The Bertz CT molecular complexity index is 1050. The summed E-state index contributed by atoms with van der Waals surface area (Å²) < 4.78 is 4.72. The van der Waals surface area contributed by atoms with Crippen LogP contribution in [0.4, 0.5) is 5.69 Å². The molecule has 0 bridgehead atoms. The monoisotopic (exact) mass is 514 g/mol. The number of thiocarbonyl (C=S) groups is 1. The Hall–Kier alpha value is -1.61. The molecule has 154 valence electrons. The van der Waals surface area contributed by atoms with E-state index < -0.39 is 0 Å². The highest BCUT2D eigenvalue weighted by molar-refractivity contribution is 9.10. The molecule has 2 N–H and O–H groups in total. The molecule has 0 unspecified atom stereocenters. The molecule has 3 rings (SSSR count). The van der Waals surface area contributed by atoms with Gasteiger partial charge in [-0.1, -0.05) is 29.3 Å². The lowest BCUT2D eigenvalue weighted by Crippen LogP contribution is -2.28. The molecular formula is C19H21BrCl2N6S. The lowest BCUT2D eigenvalue weighted by atomic mass is 10.2. The summed E-state index contributed by atoms with van der Waals surface area (Å²) in [5.74, 6) is 0. The van der Waals surface area contributed by atoms with Crippen molar-refractivity contribution in [1.82, 2.24) is 24.9 Å². The second kappa shape index (κ2) is 9.47. The highest BCUT2D eigenvalue weighted by Gasteiger charge is 2.15. The Labute approximate surface area is 193 Å². The Morgan fingerprint density at radius 2 is 2.00 bits per heavy atom. The van der Waals surface area contributed by atoms with Crippen LogP contribution >= 0.6 is 51.3 Å². The van der Waals surface area contributed by atoms with Gasteiger partial charge in [-0.05, 0) is 66.6 Å². The summed E-state index contributed by atoms with van der Waals surface area (Å²) in [5, 5.41) is 17.3. The molecule has 1 aromatic carbocycles. The molecule has 3 aromatic rings. The molecule has 0 radical (unpaired) electrons. The Kier molecular flexibility index (Phi) is 7.21. The van der Waals surface area contributed by atoms with Crippen LogP contribution in [0.15, 0.2) is 28.9 Å². The molecule has 6 nitrogen and oxygen atoms in total. The van der Waals surface area contributed by atoms with Crippen LogP contribution in [0.2, 0.25) is 10.0 Å². The summed E-state index contributed by atoms with van der Waals surface area (Å²) in [6.07, 6.45) is 1.95. The van der Waals surface area contributed by atoms with Gasteiger partial charge in [-0.25, -0.2) is 0 Å². The third kappa shape index (κ3) is 5.31. The van der Waals surface area contributed by atoms with Gasteiger partial charge in [-0.2, -0.15) is 10.2 Å². The molecule has 0 aliphatic carbocycles. The maximum Gasteiger partial charge on any atom is 0.171 e. The molecule has 0 spiro atoms. The second-order valence-corrected chi connectivity index (χ2v) is 8.63. The van der Waals surface area contributed by atoms with Gasteiger partial charge in [0, 0.05) is 22.8 Å². The zero-order valence-electron chi connectivity index (χ0n) is 16.3. The van der Waals surface area contributed by atoms with Crippen molar-refractivity contribution in [1.29, 1.82) is 0 Å². The van der Waals surface area contributed by atoms with E-state index in [4.69, 9.17) is 35.4 Å². The van der Waals surface area contributed by atoms with Gasteiger partial charge in [0.15, 0.2) is 5.11 Å². The maximum absolute atomic E-state index is 6.30. The highest BCUT2D eigenvalue weighted by Crippen LogP contribution is 2.25. The Morgan fingerprint density at radius 1 is 1.24 bits per heavy atom. The zero-order chi connectivity index (χ0) is 21.1. The predicted molar refractivity (Wildman–Crippen MR) is 126 cm³/mol. The first-order chi connectivity index (χ1) is 13.8. The third-order valence-electron chi connectivity index (χ3n) is 4.48. The Morgan fingerprint density at radius 3 is 2.66 bits per heavy atom. The van der Waals surface area contributed by atoms with Crippen molar-refractivity contribution in [3.8, 4) is 0 Å². The number of halogens is 3. The van der Waals surface area contributed by atoms with Crippen molar-refractivity contribution in [3.05, 3.63) is 61.6 Å². The zero-order valence-corrected chi connectivity index (χ0v) is 20.2. The first-order valence-electron chi connectivity index (χ1n) is 9.03. The summed E-state index contributed by atoms with van der Waals surface area (Å²) in [4.78, 5) is 0. The molecule has 0 aliphatic rings. The number of aromatic nitrogens is 4. The first kappa shape index (κ1) is 22.1. The number of hydrogen-bond acceptors (Lipinski definition) is 3. The van der Waals surface area contributed by atoms with Crippen LogP contribution in [-0.2, 0) is 19.6 Å². The predicted octanol–water partition coefficient (Wildman–Crippen LogP) is 5.32. The number of rotatable bonds is 6. The molecule has 0 aliphatic heterocycles. The number of nitrogens with zero attached hydrogens (tertiary/aromatic N) is 4. The number of hydrogen-bond donors (Lipinski definition) is 2. The number of aryl methyl sites for hydroxylation is 2. The molecule has 2 aromatic heterocycles. The lowest BCUT2D eigenvalue weighted by molar-refractivity contribution is 0.643. The van der Waals surface area contributed by atoms with Gasteiger partial charge in [0.2, 0.25) is 0 Å². The molecular weight excluding hydrogens is 495 g/mol. The fraction of sp³-hybridized carbons (Fsp3) is 0.316. The van der Waals surface area contributed by atoms with Crippen LogP contribution in [-0.4, -0.2) is 24.7 Å². The number of nitrogens with one attached hydrogen (secondary N) is 2. The highest BCUT2D eigenvalue weighted by atomic mass is 79.9. The van der Waals surface area contributed by atoms with E-state index in [-0.39, 0.29) is 0 Å². The van der Waals surface area contributed by atoms with Crippen molar-refractivity contribution in [3.63, 3.8) is 0 Å². The fourth-order valence-corrected chi connectivity index (χ4v) is 3.98. The van der Waals surface area contributed by atoms with Crippen molar-refractivity contribution in [2.24, 2.45) is 0 Å². The van der Waals surface area contributed by atoms with Gasteiger partial charge in [-0.3, -0.25) is 9.36 Å². The fourth-order valence-electron chi connectivity index (χ4n) is 2.88. The van der Waals surface area contributed by atoms with E-state index in [2.05, 4.69) is 36.8 Å².